The van der Waals surface area contributed by atoms with E-state index in [1.54, 1.807) is 29.2 Å². The third-order valence-corrected chi connectivity index (χ3v) is 7.84. The fourth-order valence-electron chi connectivity index (χ4n) is 5.52. The Bertz CT molecular complexity index is 1390. The van der Waals surface area contributed by atoms with E-state index in [1.807, 2.05) is 49.4 Å². The van der Waals surface area contributed by atoms with Crippen molar-refractivity contribution in [2.45, 2.75) is 39.3 Å². The fraction of sp³-hybridized carbons (Fsp3) is 0.353. The van der Waals surface area contributed by atoms with Crippen molar-refractivity contribution in [3.63, 3.8) is 0 Å². The average Bonchev–Trinajstić information content (AvgIpc) is 3.25. The van der Waals surface area contributed by atoms with Crippen molar-refractivity contribution >= 4 is 17.4 Å². The summed E-state index contributed by atoms with van der Waals surface area (Å²) >= 11 is 0. The van der Waals surface area contributed by atoms with Crippen LogP contribution in [0.2, 0.25) is 0 Å². The number of ether oxygens (including phenoxy) is 2. The first-order valence-electron chi connectivity index (χ1n) is 14.4. The van der Waals surface area contributed by atoms with Gasteiger partial charge in [0.25, 0.3) is 11.7 Å². The van der Waals surface area contributed by atoms with Crippen molar-refractivity contribution in [3.05, 3.63) is 106 Å². The Morgan fingerprint density at radius 2 is 1.68 bits per heavy atom. The van der Waals surface area contributed by atoms with E-state index < -0.39 is 17.7 Å². The van der Waals surface area contributed by atoms with Gasteiger partial charge in [0.05, 0.1) is 24.8 Å². The molecule has 1 atom stereocenters. The van der Waals surface area contributed by atoms with Crippen molar-refractivity contribution in [2.75, 3.05) is 39.4 Å². The van der Waals surface area contributed by atoms with Gasteiger partial charge in [0.1, 0.15) is 18.1 Å². The smallest absolute Gasteiger partial charge is 0.295 e. The summed E-state index contributed by atoms with van der Waals surface area (Å²) in [5.41, 5.74) is 4.81. The summed E-state index contributed by atoms with van der Waals surface area (Å²) in [5, 5.41) is 11.4. The van der Waals surface area contributed by atoms with E-state index in [2.05, 4.69) is 17.9 Å². The van der Waals surface area contributed by atoms with Gasteiger partial charge in [-0.3, -0.25) is 14.5 Å². The molecule has 2 saturated heterocycles. The monoisotopic (exact) mass is 554 g/mol. The molecule has 1 N–H and O–H groups in total. The van der Waals surface area contributed by atoms with Crippen LogP contribution in [-0.4, -0.2) is 66.0 Å². The number of hydrogen-bond donors (Lipinski definition) is 1. The molecule has 2 heterocycles. The Labute approximate surface area is 242 Å². The molecule has 41 heavy (non-hydrogen) atoms. The number of rotatable bonds is 10. The van der Waals surface area contributed by atoms with Gasteiger partial charge in [0, 0.05) is 31.7 Å². The molecular formula is C34H38N2O5. The Balaban J connectivity index is 1.39. The molecule has 7 heteroatoms. The highest BCUT2D eigenvalue weighted by Gasteiger charge is 2.45. The Kier molecular flexibility index (Phi) is 9.17. The maximum absolute atomic E-state index is 13.4. The Hall–Kier alpha value is -3.94. The predicted molar refractivity (Wildman–Crippen MR) is 159 cm³/mol. The average molecular weight is 555 g/mol. The molecule has 3 aromatic rings. The number of aryl methyl sites for hydroxylation is 2. The number of carbonyl (C=O) groups excluding carboxylic acids is 2. The zero-order chi connectivity index (χ0) is 28.8. The molecular weight excluding hydrogens is 516 g/mol. The molecule has 214 valence electrons. The standard InChI is InChI=1S/C34H38N2O5/c1-3-25-8-10-27(11-9-25)31-30(33(38)34(39)36(31)17-5-16-35-18-20-40-21-19-35)32(37)28-12-14-29(15-13-28)41-23-26-7-4-6-24(2)22-26/h4,6-15,22,31,37H,3,5,16-21,23H2,1-2H3/b32-30+. The summed E-state index contributed by atoms with van der Waals surface area (Å²) < 4.78 is 11.4. The van der Waals surface area contributed by atoms with E-state index in [0.29, 0.717) is 37.7 Å². The minimum Gasteiger partial charge on any atom is -0.507 e. The lowest BCUT2D eigenvalue weighted by Crippen LogP contribution is -2.38. The lowest BCUT2D eigenvalue weighted by molar-refractivity contribution is -0.140. The number of aliphatic hydroxyl groups excluding tert-OH is 1. The number of carbonyl (C=O) groups is 2. The van der Waals surface area contributed by atoms with Crippen LogP contribution >= 0.6 is 0 Å². The predicted octanol–water partition coefficient (Wildman–Crippen LogP) is 5.28. The molecule has 0 aliphatic carbocycles. The van der Waals surface area contributed by atoms with Crippen LogP contribution < -0.4 is 4.74 Å². The number of aliphatic hydroxyl groups is 1. The SMILES string of the molecule is CCc1ccc(C2/C(=C(\O)c3ccc(OCc4cccc(C)c4)cc3)C(=O)C(=O)N2CCCN2CCOCC2)cc1. The van der Waals surface area contributed by atoms with Gasteiger partial charge >= 0.3 is 0 Å². The number of benzene rings is 3. The van der Waals surface area contributed by atoms with E-state index in [9.17, 15) is 14.7 Å². The van der Waals surface area contributed by atoms with Gasteiger partial charge in [-0.15, -0.1) is 0 Å². The fourth-order valence-corrected chi connectivity index (χ4v) is 5.52. The summed E-state index contributed by atoms with van der Waals surface area (Å²) in [6, 6.07) is 22.4. The van der Waals surface area contributed by atoms with Crippen LogP contribution in [0.25, 0.3) is 5.76 Å². The van der Waals surface area contributed by atoms with Gasteiger partial charge in [0.15, 0.2) is 0 Å². The van der Waals surface area contributed by atoms with Crippen molar-refractivity contribution in [3.8, 4) is 5.75 Å². The minimum atomic E-state index is -0.654. The van der Waals surface area contributed by atoms with E-state index >= 15 is 0 Å². The van der Waals surface area contributed by atoms with Crippen LogP contribution in [0.3, 0.4) is 0 Å². The Morgan fingerprint density at radius 1 is 0.951 bits per heavy atom. The first kappa shape index (κ1) is 28.6. The second-order valence-electron chi connectivity index (χ2n) is 10.7. The molecule has 2 aliphatic heterocycles. The largest absolute Gasteiger partial charge is 0.507 e. The van der Waals surface area contributed by atoms with Crippen molar-refractivity contribution in [2.24, 2.45) is 0 Å². The quantitative estimate of drug-likeness (QED) is 0.209. The van der Waals surface area contributed by atoms with Crippen LogP contribution in [0.4, 0.5) is 0 Å². The molecule has 2 fully saturated rings. The van der Waals surface area contributed by atoms with Gasteiger partial charge in [-0.1, -0.05) is 61.0 Å². The van der Waals surface area contributed by atoms with Gasteiger partial charge in [-0.25, -0.2) is 0 Å². The molecule has 0 aromatic heterocycles. The molecule has 0 bridgehead atoms. The zero-order valence-electron chi connectivity index (χ0n) is 23.8. The summed E-state index contributed by atoms with van der Waals surface area (Å²) in [7, 11) is 0. The van der Waals surface area contributed by atoms with Crippen LogP contribution in [0.1, 0.15) is 47.2 Å². The first-order valence-corrected chi connectivity index (χ1v) is 14.4. The molecule has 1 amide bonds. The van der Waals surface area contributed by atoms with Gasteiger partial charge in [-0.2, -0.15) is 0 Å². The molecule has 1 unspecified atom stereocenters. The van der Waals surface area contributed by atoms with E-state index in [-0.39, 0.29) is 11.3 Å². The highest BCUT2D eigenvalue weighted by Crippen LogP contribution is 2.39. The lowest BCUT2D eigenvalue weighted by atomic mass is 9.94. The highest BCUT2D eigenvalue weighted by molar-refractivity contribution is 6.46. The molecule has 0 radical (unpaired) electrons. The highest BCUT2D eigenvalue weighted by atomic mass is 16.5. The normalized spacial score (nSPS) is 19.1. The molecule has 0 saturated carbocycles. The zero-order valence-corrected chi connectivity index (χ0v) is 23.8. The van der Waals surface area contributed by atoms with Crippen LogP contribution in [0.5, 0.6) is 5.75 Å². The van der Waals surface area contributed by atoms with E-state index in [0.717, 1.165) is 43.6 Å². The second-order valence-corrected chi connectivity index (χ2v) is 10.7. The maximum atomic E-state index is 13.4. The summed E-state index contributed by atoms with van der Waals surface area (Å²) in [5.74, 6) is -0.749. The number of nitrogens with zero attached hydrogens (tertiary/aromatic N) is 2. The third-order valence-electron chi connectivity index (χ3n) is 7.84. The topological polar surface area (TPSA) is 79.3 Å². The number of hydrogen-bond acceptors (Lipinski definition) is 6. The molecule has 7 nitrogen and oxygen atoms in total. The number of likely N-dealkylation sites (tertiary alicyclic amines) is 1. The van der Waals surface area contributed by atoms with E-state index in [4.69, 9.17) is 9.47 Å². The van der Waals surface area contributed by atoms with Crippen LogP contribution in [-0.2, 0) is 27.4 Å². The number of Topliss-reactive ketones (excluding diaryl/α,β-unsaturated/α-hetero) is 1. The summed E-state index contributed by atoms with van der Waals surface area (Å²) in [4.78, 5) is 30.6. The van der Waals surface area contributed by atoms with Gasteiger partial charge in [0.2, 0.25) is 0 Å². The molecule has 2 aliphatic rings. The van der Waals surface area contributed by atoms with Crippen molar-refractivity contribution in [1.82, 2.24) is 9.80 Å². The van der Waals surface area contributed by atoms with Gasteiger partial charge < -0.3 is 19.5 Å². The van der Waals surface area contributed by atoms with Crippen LogP contribution in [0.15, 0.2) is 78.4 Å². The van der Waals surface area contributed by atoms with E-state index in [1.165, 1.54) is 11.1 Å². The number of morpholine rings is 1. The number of ketones is 1. The second kappa shape index (κ2) is 13.1. The van der Waals surface area contributed by atoms with Crippen molar-refractivity contribution in [1.29, 1.82) is 0 Å². The molecule has 5 rings (SSSR count). The summed E-state index contributed by atoms with van der Waals surface area (Å²) in [6.07, 6.45) is 1.61. The first-order chi connectivity index (χ1) is 19.9. The minimum absolute atomic E-state index is 0.124. The Morgan fingerprint density at radius 3 is 2.37 bits per heavy atom. The number of amides is 1. The third kappa shape index (κ3) is 6.69. The molecule has 3 aromatic carbocycles. The van der Waals surface area contributed by atoms with Crippen molar-refractivity contribution < 1.29 is 24.2 Å². The summed E-state index contributed by atoms with van der Waals surface area (Å²) in [6.45, 7) is 8.95. The maximum Gasteiger partial charge on any atom is 0.295 e. The molecule has 0 spiro atoms. The van der Waals surface area contributed by atoms with Gasteiger partial charge in [-0.05, 0) is 60.7 Å². The lowest BCUT2D eigenvalue weighted by Gasteiger charge is -2.29. The van der Waals surface area contributed by atoms with Crippen LogP contribution in [0, 0.1) is 6.92 Å².